The second kappa shape index (κ2) is 16.1. The third-order valence-electron chi connectivity index (χ3n) is 9.01. The first-order chi connectivity index (χ1) is 23.9. The van der Waals surface area contributed by atoms with Crippen LogP contribution in [-0.4, -0.2) is 91.4 Å². The van der Waals surface area contributed by atoms with Crippen LogP contribution in [0.15, 0.2) is 78.9 Å². The quantitative estimate of drug-likeness (QED) is 0.117. The summed E-state index contributed by atoms with van der Waals surface area (Å²) in [6.07, 6.45) is 1.69. The van der Waals surface area contributed by atoms with Crippen molar-refractivity contribution in [2.45, 2.75) is 62.1 Å². The molecule has 3 aromatic carbocycles. The maximum Gasteiger partial charge on any atom is 0.336 e. The highest BCUT2D eigenvalue weighted by molar-refractivity contribution is 5.97. The first-order valence-electron chi connectivity index (χ1n) is 16.3. The van der Waals surface area contributed by atoms with Crippen molar-refractivity contribution < 1.29 is 59.2 Å². The molecule has 2 fully saturated rings. The van der Waals surface area contributed by atoms with Crippen molar-refractivity contribution in [3.05, 3.63) is 95.6 Å². The van der Waals surface area contributed by atoms with Crippen LogP contribution in [0.3, 0.4) is 0 Å². The van der Waals surface area contributed by atoms with Gasteiger partial charge in [0.1, 0.15) is 18.8 Å². The average Bonchev–Trinajstić information content (AvgIpc) is 3.08. The van der Waals surface area contributed by atoms with Gasteiger partial charge in [-0.15, -0.1) is 0 Å². The number of aryl methyl sites for hydroxylation is 1. The molecule has 0 radical (unpaired) electrons. The number of carbonyl (C=O) groups is 3. The van der Waals surface area contributed by atoms with Crippen molar-refractivity contribution in [2.75, 3.05) is 13.2 Å². The lowest BCUT2D eigenvalue weighted by atomic mass is 9.78. The van der Waals surface area contributed by atoms with Crippen molar-refractivity contribution in [3.63, 3.8) is 0 Å². The van der Waals surface area contributed by atoms with E-state index in [-0.39, 0.29) is 48.4 Å². The Bertz CT molecular complexity index is 1730. The molecule has 12 heteroatoms. The summed E-state index contributed by atoms with van der Waals surface area (Å²) >= 11 is 0. The molecular formula is C38H40O12. The molecule has 50 heavy (non-hydrogen) atoms. The number of phenols is 4. The minimum absolute atomic E-state index is 0.147. The zero-order valence-corrected chi connectivity index (χ0v) is 27.1. The Kier molecular flexibility index (Phi) is 11.7. The summed E-state index contributed by atoms with van der Waals surface area (Å²) in [5.74, 6) is -3.94. The standard InChI is InChI=1S/C38H40O12/c39-27(12-8-24-9-13-28(40)31(43)16-24)22-49-38(37(46)47)19-33(45)36-35(20-38)50-34(30(42)15-11-25-10-14-29(41)32(44)17-25)18-26(21-48-36)7-6-23-4-2-1-3-5-23/h1-5,8-17,26,33-36,40-41,43-45H,6-7,18-22H2,(H,46,47)/b12-8+,15-11+/t26-,33+,34-,35+,36+,38-/m0/s1. The number of carboxylic acid groups (broad SMARTS) is 1. The van der Waals surface area contributed by atoms with Gasteiger partial charge in [0.15, 0.2) is 40.2 Å². The molecule has 6 atom stereocenters. The Morgan fingerprint density at radius 1 is 0.840 bits per heavy atom. The minimum Gasteiger partial charge on any atom is -0.504 e. The number of benzene rings is 3. The van der Waals surface area contributed by atoms with Gasteiger partial charge in [-0.2, -0.15) is 0 Å². The van der Waals surface area contributed by atoms with Crippen LogP contribution in [0, 0.1) is 5.92 Å². The number of aliphatic hydroxyl groups is 1. The van der Waals surface area contributed by atoms with E-state index in [0.717, 1.165) is 11.6 Å². The van der Waals surface area contributed by atoms with Crippen molar-refractivity contribution in [1.29, 1.82) is 0 Å². The van der Waals surface area contributed by atoms with Crippen LogP contribution in [-0.2, 0) is 35.0 Å². The Balaban J connectivity index is 1.33. The lowest BCUT2D eigenvalue weighted by molar-refractivity contribution is -0.230. The van der Waals surface area contributed by atoms with Gasteiger partial charge in [0.25, 0.3) is 0 Å². The molecule has 0 spiro atoms. The largest absolute Gasteiger partial charge is 0.504 e. The Morgan fingerprint density at radius 2 is 1.48 bits per heavy atom. The highest BCUT2D eigenvalue weighted by Crippen LogP contribution is 2.39. The molecule has 5 rings (SSSR count). The maximum atomic E-state index is 13.6. The summed E-state index contributed by atoms with van der Waals surface area (Å²) in [6.45, 7) is -0.464. The number of hydrogen-bond acceptors (Lipinski definition) is 11. The summed E-state index contributed by atoms with van der Waals surface area (Å²) in [5, 5.41) is 60.3. The van der Waals surface area contributed by atoms with Gasteiger partial charge in [0.2, 0.25) is 0 Å². The number of ether oxygens (including phenoxy) is 3. The molecule has 0 unspecified atom stereocenters. The van der Waals surface area contributed by atoms with Gasteiger partial charge in [0.05, 0.1) is 18.8 Å². The summed E-state index contributed by atoms with van der Waals surface area (Å²) in [7, 11) is 0. The molecule has 1 saturated carbocycles. The van der Waals surface area contributed by atoms with Crippen molar-refractivity contribution in [1.82, 2.24) is 0 Å². The van der Waals surface area contributed by atoms with Crippen molar-refractivity contribution in [3.8, 4) is 23.0 Å². The number of rotatable bonds is 12. The molecule has 3 aromatic rings. The molecule has 6 N–H and O–H groups in total. The number of ketones is 2. The summed E-state index contributed by atoms with van der Waals surface area (Å²) in [5.41, 5.74) is -0.0707. The second-order valence-corrected chi connectivity index (χ2v) is 12.7. The maximum absolute atomic E-state index is 13.6. The van der Waals surface area contributed by atoms with E-state index in [1.807, 2.05) is 30.3 Å². The third kappa shape index (κ3) is 9.16. The number of phenolic OH excluding ortho intramolecular Hbond substituents is 4. The van der Waals surface area contributed by atoms with Gasteiger partial charge in [-0.05, 0) is 78.3 Å². The van der Waals surface area contributed by atoms with Gasteiger partial charge in [-0.1, -0.05) is 54.6 Å². The fourth-order valence-electron chi connectivity index (χ4n) is 6.23. The summed E-state index contributed by atoms with van der Waals surface area (Å²) < 4.78 is 18.2. The van der Waals surface area contributed by atoms with Crippen molar-refractivity contribution in [2.24, 2.45) is 5.92 Å². The predicted octanol–water partition coefficient (Wildman–Crippen LogP) is 4.16. The van der Waals surface area contributed by atoms with Gasteiger partial charge < -0.3 is 44.8 Å². The molecule has 2 aliphatic rings. The van der Waals surface area contributed by atoms with E-state index in [2.05, 4.69) is 0 Å². The van der Waals surface area contributed by atoms with Gasteiger partial charge >= 0.3 is 5.97 Å². The first-order valence-corrected chi connectivity index (χ1v) is 16.3. The smallest absolute Gasteiger partial charge is 0.336 e. The van der Waals surface area contributed by atoms with Crippen LogP contribution in [0.5, 0.6) is 23.0 Å². The molecule has 1 aliphatic heterocycles. The number of fused-ring (bicyclic) bond motifs is 1. The molecule has 1 saturated heterocycles. The van der Waals surface area contributed by atoms with Gasteiger partial charge in [0, 0.05) is 12.8 Å². The monoisotopic (exact) mass is 688 g/mol. The van der Waals surface area contributed by atoms with Crippen LogP contribution < -0.4 is 0 Å². The van der Waals surface area contributed by atoms with E-state index in [9.17, 15) is 45.0 Å². The predicted molar refractivity (Wildman–Crippen MR) is 180 cm³/mol. The van der Waals surface area contributed by atoms with E-state index in [0.29, 0.717) is 24.0 Å². The van der Waals surface area contributed by atoms with Crippen LogP contribution in [0.25, 0.3) is 12.2 Å². The van der Waals surface area contributed by atoms with E-state index >= 15 is 0 Å². The summed E-state index contributed by atoms with van der Waals surface area (Å²) in [6, 6.07) is 17.9. The Morgan fingerprint density at radius 3 is 2.10 bits per heavy atom. The Labute approximate surface area is 288 Å². The van der Waals surface area contributed by atoms with E-state index in [1.165, 1.54) is 54.6 Å². The zero-order chi connectivity index (χ0) is 35.8. The molecule has 264 valence electrons. The van der Waals surface area contributed by atoms with E-state index in [4.69, 9.17) is 14.2 Å². The number of carbonyl (C=O) groups excluding carboxylic acids is 2. The molecule has 1 aliphatic carbocycles. The third-order valence-corrected chi connectivity index (χ3v) is 9.01. The second-order valence-electron chi connectivity index (χ2n) is 12.7. The number of carboxylic acids is 1. The Hall–Kier alpha value is -5.01. The SMILES string of the molecule is O=C(/C=C/c1ccc(O)c(O)c1)CO[C@@]1(C(=O)O)C[C@@H](O)[C@H]2OC[C@@H](CCc3ccccc3)C[C@@H](C(=O)/C=C/c3ccc(O)c(O)c3)O[C@@H]2C1. The highest BCUT2D eigenvalue weighted by atomic mass is 16.6. The highest BCUT2D eigenvalue weighted by Gasteiger charge is 2.54. The molecule has 0 amide bonds. The van der Waals surface area contributed by atoms with Crippen molar-refractivity contribution >= 4 is 29.7 Å². The average molecular weight is 689 g/mol. The van der Waals surface area contributed by atoms with E-state index < -0.39 is 60.6 Å². The normalized spacial score (nSPS) is 25.5. The van der Waals surface area contributed by atoms with Crippen LogP contribution in [0.2, 0.25) is 0 Å². The van der Waals surface area contributed by atoms with Crippen LogP contribution in [0.1, 0.15) is 42.4 Å². The van der Waals surface area contributed by atoms with Crippen LogP contribution >= 0.6 is 0 Å². The fourth-order valence-corrected chi connectivity index (χ4v) is 6.23. The molecule has 12 nitrogen and oxygen atoms in total. The minimum atomic E-state index is -2.04. The molecular weight excluding hydrogens is 648 g/mol. The number of aliphatic hydroxyl groups excluding tert-OH is 1. The first kappa shape index (κ1) is 36.3. The van der Waals surface area contributed by atoms with Gasteiger partial charge in [-0.25, -0.2) is 4.79 Å². The molecule has 1 heterocycles. The lowest BCUT2D eigenvalue weighted by Gasteiger charge is -2.46. The topological polar surface area (TPSA) is 200 Å². The molecule has 0 bridgehead atoms. The number of aromatic hydroxyl groups is 4. The lowest BCUT2D eigenvalue weighted by Crippen LogP contribution is -2.60. The number of hydrogen-bond donors (Lipinski definition) is 6. The van der Waals surface area contributed by atoms with Crippen LogP contribution in [0.4, 0.5) is 0 Å². The fraction of sp³-hybridized carbons (Fsp3) is 0.342. The van der Waals surface area contributed by atoms with E-state index in [1.54, 1.807) is 0 Å². The zero-order valence-electron chi connectivity index (χ0n) is 27.1. The molecule has 0 aromatic heterocycles. The number of aliphatic carboxylic acids is 1. The summed E-state index contributed by atoms with van der Waals surface area (Å²) in [4.78, 5) is 39.0. The van der Waals surface area contributed by atoms with Gasteiger partial charge in [-0.3, -0.25) is 9.59 Å².